The molecule has 1 aromatic heterocycles. The van der Waals surface area contributed by atoms with Crippen molar-refractivity contribution >= 4 is 5.97 Å². The van der Waals surface area contributed by atoms with Gasteiger partial charge in [0.25, 0.3) is 0 Å². The highest BCUT2D eigenvalue weighted by Gasteiger charge is 2.26. The van der Waals surface area contributed by atoms with E-state index in [-0.39, 0.29) is 12.4 Å². The molecule has 0 radical (unpaired) electrons. The highest BCUT2D eigenvalue weighted by atomic mass is 19.1. The predicted molar refractivity (Wildman–Crippen MR) is 133 cm³/mol. The summed E-state index contributed by atoms with van der Waals surface area (Å²) in [7, 11) is 1.69. The quantitative estimate of drug-likeness (QED) is 0.395. The smallest absolute Gasteiger partial charge is 0.329 e. The fraction of sp³-hybridized carbons (Fsp3) is 0.429. The van der Waals surface area contributed by atoms with Crippen molar-refractivity contribution in [3.8, 4) is 22.4 Å². The van der Waals surface area contributed by atoms with Gasteiger partial charge in [-0.2, -0.15) is 5.10 Å². The van der Waals surface area contributed by atoms with Crippen molar-refractivity contribution in [2.24, 2.45) is 11.8 Å². The number of carbonyl (C=O) groups is 1. The van der Waals surface area contributed by atoms with E-state index < -0.39 is 5.97 Å². The molecule has 0 atom stereocenters. The van der Waals surface area contributed by atoms with Crippen molar-refractivity contribution in [2.75, 3.05) is 26.9 Å². The van der Waals surface area contributed by atoms with Gasteiger partial charge in [-0.3, -0.25) is 4.68 Å². The largest absolute Gasteiger partial charge is 0.480 e. The number of nitrogens with zero attached hydrogens (tertiary/aromatic N) is 2. The molecule has 0 aliphatic heterocycles. The number of hydrogen-bond acceptors (Lipinski definition) is 4. The third kappa shape index (κ3) is 6.55. The van der Waals surface area contributed by atoms with Crippen LogP contribution < -0.4 is 0 Å². The summed E-state index contributed by atoms with van der Waals surface area (Å²) >= 11 is 0. The molecule has 1 aliphatic rings. The first-order valence-electron chi connectivity index (χ1n) is 12.2. The summed E-state index contributed by atoms with van der Waals surface area (Å²) in [5.74, 6) is -0.325. The Kier molecular flexibility index (Phi) is 8.66. The van der Waals surface area contributed by atoms with Gasteiger partial charge in [-0.15, -0.1) is 0 Å². The standard InChI is InChI=1S/C28H33FN2O4/c1-34-15-14-25-27(23-8-5-9-24(29)16-23)28(22-6-3-2-4-7-22)30-31(25)17-20-10-12-21(13-11-20)18-35-19-26(32)33/h2-9,16,20-21H,10-15,17-19H2,1H3,(H,32,33). The van der Waals surface area contributed by atoms with Gasteiger partial charge in [0.1, 0.15) is 18.1 Å². The van der Waals surface area contributed by atoms with Crippen LogP contribution in [0.1, 0.15) is 31.4 Å². The second kappa shape index (κ2) is 12.1. The number of rotatable bonds is 11. The monoisotopic (exact) mass is 480 g/mol. The minimum absolute atomic E-state index is 0.235. The highest BCUT2D eigenvalue weighted by molar-refractivity contribution is 5.82. The zero-order valence-corrected chi connectivity index (χ0v) is 20.2. The van der Waals surface area contributed by atoms with Crippen LogP contribution in [0.25, 0.3) is 22.4 Å². The SMILES string of the molecule is COCCc1c(-c2cccc(F)c2)c(-c2ccccc2)nn1CC1CCC(COCC(=O)O)CC1. The molecule has 186 valence electrons. The Labute approximate surface area is 205 Å². The van der Waals surface area contributed by atoms with Gasteiger partial charge >= 0.3 is 5.97 Å². The first kappa shape index (κ1) is 25.1. The van der Waals surface area contributed by atoms with Crippen LogP contribution >= 0.6 is 0 Å². The molecule has 0 spiro atoms. The maximum absolute atomic E-state index is 14.2. The number of benzene rings is 2. The van der Waals surface area contributed by atoms with Gasteiger partial charge in [-0.25, -0.2) is 9.18 Å². The van der Waals surface area contributed by atoms with E-state index in [1.807, 2.05) is 36.4 Å². The molecule has 1 heterocycles. The van der Waals surface area contributed by atoms with Crippen LogP contribution in [0.5, 0.6) is 0 Å². The first-order chi connectivity index (χ1) is 17.0. The normalized spacial score (nSPS) is 18.0. The van der Waals surface area contributed by atoms with E-state index in [4.69, 9.17) is 19.7 Å². The second-order valence-electron chi connectivity index (χ2n) is 9.27. The van der Waals surface area contributed by atoms with Crippen LogP contribution in [0.4, 0.5) is 4.39 Å². The molecule has 1 saturated carbocycles. The number of carboxylic acid groups (broad SMARTS) is 1. The molecule has 0 unspecified atom stereocenters. The Morgan fingerprint density at radius 1 is 1.06 bits per heavy atom. The molecule has 6 nitrogen and oxygen atoms in total. The molecule has 0 saturated heterocycles. The third-order valence-corrected chi connectivity index (χ3v) is 6.74. The molecule has 1 aliphatic carbocycles. The van der Waals surface area contributed by atoms with E-state index in [9.17, 15) is 9.18 Å². The summed E-state index contributed by atoms with van der Waals surface area (Å²) in [5.41, 5.74) is 4.70. The van der Waals surface area contributed by atoms with Crippen molar-refractivity contribution in [3.05, 3.63) is 66.1 Å². The van der Waals surface area contributed by atoms with Gasteiger partial charge in [0.2, 0.25) is 0 Å². The van der Waals surface area contributed by atoms with Crippen molar-refractivity contribution < 1.29 is 23.8 Å². The van der Waals surface area contributed by atoms with Crippen LogP contribution in [0.2, 0.25) is 0 Å². The van der Waals surface area contributed by atoms with Crippen LogP contribution in [-0.2, 0) is 27.2 Å². The molecular weight excluding hydrogens is 447 g/mol. The average molecular weight is 481 g/mol. The molecular formula is C28H33FN2O4. The van der Waals surface area contributed by atoms with E-state index in [2.05, 4.69) is 4.68 Å². The summed E-state index contributed by atoms with van der Waals surface area (Å²) in [6, 6.07) is 16.8. The van der Waals surface area contributed by atoms with E-state index in [1.54, 1.807) is 19.2 Å². The van der Waals surface area contributed by atoms with E-state index in [0.29, 0.717) is 31.5 Å². The van der Waals surface area contributed by atoms with Crippen LogP contribution in [0.3, 0.4) is 0 Å². The van der Waals surface area contributed by atoms with Crippen LogP contribution in [0.15, 0.2) is 54.6 Å². The fourth-order valence-electron chi connectivity index (χ4n) is 4.98. The lowest BCUT2D eigenvalue weighted by Gasteiger charge is -2.28. The first-order valence-corrected chi connectivity index (χ1v) is 12.2. The number of ether oxygens (including phenoxy) is 2. The maximum Gasteiger partial charge on any atom is 0.329 e. The Hall–Kier alpha value is -3.03. The molecule has 0 amide bonds. The fourth-order valence-corrected chi connectivity index (χ4v) is 4.98. The van der Waals surface area contributed by atoms with Crippen molar-refractivity contribution in [1.29, 1.82) is 0 Å². The lowest BCUT2D eigenvalue weighted by Crippen LogP contribution is -2.24. The van der Waals surface area contributed by atoms with Crippen molar-refractivity contribution in [2.45, 2.75) is 38.6 Å². The lowest BCUT2D eigenvalue weighted by molar-refractivity contribution is -0.142. The molecule has 0 bridgehead atoms. The topological polar surface area (TPSA) is 73.6 Å². The summed E-state index contributed by atoms with van der Waals surface area (Å²) in [6.07, 6.45) is 4.80. The van der Waals surface area contributed by atoms with Gasteiger partial charge in [-0.05, 0) is 55.2 Å². The third-order valence-electron chi connectivity index (χ3n) is 6.74. The molecule has 7 heteroatoms. The number of hydrogen-bond donors (Lipinski definition) is 1. The summed E-state index contributed by atoms with van der Waals surface area (Å²) < 4.78 is 27.1. The van der Waals surface area contributed by atoms with E-state index >= 15 is 0 Å². The second-order valence-corrected chi connectivity index (χ2v) is 9.27. The van der Waals surface area contributed by atoms with Crippen LogP contribution in [0, 0.1) is 17.7 Å². The Balaban J connectivity index is 1.60. The van der Waals surface area contributed by atoms with Gasteiger partial charge in [0.05, 0.1) is 13.2 Å². The molecule has 4 rings (SSSR count). The number of carboxylic acids is 1. The Morgan fingerprint density at radius 3 is 2.46 bits per heavy atom. The zero-order valence-electron chi connectivity index (χ0n) is 20.2. The van der Waals surface area contributed by atoms with Gasteiger partial charge < -0.3 is 14.6 Å². The number of aliphatic carboxylic acids is 1. The molecule has 2 aromatic carbocycles. The summed E-state index contributed by atoms with van der Waals surface area (Å²) in [6.45, 7) is 1.61. The highest BCUT2D eigenvalue weighted by Crippen LogP contribution is 2.37. The average Bonchev–Trinajstić information content (AvgIpc) is 3.22. The van der Waals surface area contributed by atoms with Crippen molar-refractivity contribution in [3.63, 3.8) is 0 Å². The predicted octanol–water partition coefficient (Wildman–Crippen LogP) is 5.45. The molecule has 1 fully saturated rings. The molecule has 1 N–H and O–H groups in total. The lowest BCUT2D eigenvalue weighted by atomic mass is 9.82. The zero-order chi connectivity index (χ0) is 24.6. The van der Waals surface area contributed by atoms with Crippen LogP contribution in [-0.4, -0.2) is 47.8 Å². The number of halogens is 1. The van der Waals surface area contributed by atoms with Gasteiger partial charge in [0, 0.05) is 36.9 Å². The molecule has 35 heavy (non-hydrogen) atoms. The summed E-state index contributed by atoms with van der Waals surface area (Å²) in [4.78, 5) is 10.7. The Bertz CT molecular complexity index is 1110. The van der Waals surface area contributed by atoms with E-state index in [1.165, 1.54) is 6.07 Å². The van der Waals surface area contributed by atoms with Gasteiger partial charge in [0.15, 0.2) is 0 Å². The molecule has 3 aromatic rings. The minimum Gasteiger partial charge on any atom is -0.480 e. The maximum atomic E-state index is 14.2. The summed E-state index contributed by atoms with van der Waals surface area (Å²) in [5, 5.41) is 13.8. The Morgan fingerprint density at radius 2 is 1.77 bits per heavy atom. The van der Waals surface area contributed by atoms with E-state index in [0.717, 1.165) is 60.3 Å². The number of aromatic nitrogens is 2. The van der Waals surface area contributed by atoms with Gasteiger partial charge in [-0.1, -0.05) is 42.5 Å². The minimum atomic E-state index is -0.927. The van der Waals surface area contributed by atoms with Crippen molar-refractivity contribution in [1.82, 2.24) is 9.78 Å². The number of methoxy groups -OCH3 is 1.